The molecular formula is C17H22N2O3S. The first-order valence-electron chi connectivity index (χ1n) is 7.56. The molecule has 0 aliphatic carbocycles. The second-order valence-electron chi connectivity index (χ2n) is 5.56. The topological polar surface area (TPSA) is 68.3 Å². The van der Waals surface area contributed by atoms with E-state index in [0.717, 1.165) is 11.1 Å². The average molecular weight is 334 g/mol. The molecule has 5 nitrogen and oxygen atoms in total. The molecule has 6 heteroatoms. The SMILES string of the molecule is CCOc1cc(C(C)C)c(S(=O)(=O)Nc2ccccn2)cc1C. The Hall–Kier alpha value is -2.08. The van der Waals surface area contributed by atoms with Crippen molar-refractivity contribution in [2.75, 3.05) is 11.3 Å². The summed E-state index contributed by atoms with van der Waals surface area (Å²) in [5.41, 5.74) is 1.51. The summed E-state index contributed by atoms with van der Waals surface area (Å²) in [5, 5.41) is 0. The van der Waals surface area contributed by atoms with Crippen molar-refractivity contribution >= 4 is 15.8 Å². The lowest BCUT2D eigenvalue weighted by Gasteiger charge is -2.18. The quantitative estimate of drug-likeness (QED) is 0.874. The Labute approximate surface area is 137 Å². The maximum absolute atomic E-state index is 12.8. The zero-order chi connectivity index (χ0) is 17.0. The van der Waals surface area contributed by atoms with Crippen LogP contribution in [0.25, 0.3) is 0 Å². The second kappa shape index (κ2) is 7.00. The minimum absolute atomic E-state index is 0.0464. The van der Waals surface area contributed by atoms with Gasteiger partial charge in [-0.1, -0.05) is 19.9 Å². The van der Waals surface area contributed by atoms with Crippen LogP contribution in [0, 0.1) is 6.92 Å². The highest BCUT2D eigenvalue weighted by Crippen LogP contribution is 2.32. The molecule has 23 heavy (non-hydrogen) atoms. The number of nitrogens with one attached hydrogen (secondary N) is 1. The number of aryl methyl sites for hydroxylation is 1. The van der Waals surface area contributed by atoms with E-state index in [-0.39, 0.29) is 10.8 Å². The Morgan fingerprint density at radius 2 is 2.00 bits per heavy atom. The molecule has 0 saturated heterocycles. The van der Waals surface area contributed by atoms with Crippen molar-refractivity contribution in [2.45, 2.75) is 38.5 Å². The van der Waals surface area contributed by atoms with Crippen LogP contribution in [0.15, 0.2) is 41.4 Å². The number of sulfonamides is 1. The Balaban J connectivity index is 2.50. The van der Waals surface area contributed by atoms with Crippen molar-refractivity contribution in [3.8, 4) is 5.75 Å². The van der Waals surface area contributed by atoms with Gasteiger partial charge < -0.3 is 4.74 Å². The highest BCUT2D eigenvalue weighted by Gasteiger charge is 2.22. The minimum Gasteiger partial charge on any atom is -0.494 e. The predicted molar refractivity (Wildman–Crippen MR) is 91.5 cm³/mol. The van der Waals surface area contributed by atoms with Gasteiger partial charge >= 0.3 is 0 Å². The summed E-state index contributed by atoms with van der Waals surface area (Å²) in [4.78, 5) is 4.28. The molecule has 0 fully saturated rings. The molecule has 2 aromatic rings. The van der Waals surface area contributed by atoms with Crippen LogP contribution in [-0.2, 0) is 10.0 Å². The average Bonchev–Trinajstić information content (AvgIpc) is 2.49. The first kappa shape index (κ1) is 17.3. The Morgan fingerprint density at radius 1 is 1.26 bits per heavy atom. The van der Waals surface area contributed by atoms with E-state index in [9.17, 15) is 8.42 Å². The molecule has 0 aliphatic rings. The lowest BCUT2D eigenvalue weighted by molar-refractivity contribution is 0.337. The molecule has 0 atom stereocenters. The van der Waals surface area contributed by atoms with Crippen molar-refractivity contribution in [1.29, 1.82) is 0 Å². The van der Waals surface area contributed by atoms with Crippen molar-refractivity contribution in [3.05, 3.63) is 47.7 Å². The van der Waals surface area contributed by atoms with Crippen LogP contribution < -0.4 is 9.46 Å². The Bertz CT molecular complexity index is 772. The van der Waals surface area contributed by atoms with Gasteiger partial charge in [-0.15, -0.1) is 0 Å². The molecule has 0 bridgehead atoms. The minimum atomic E-state index is -3.71. The smallest absolute Gasteiger partial charge is 0.263 e. The van der Waals surface area contributed by atoms with E-state index in [1.807, 2.05) is 33.8 Å². The Morgan fingerprint density at radius 3 is 2.57 bits per heavy atom. The molecule has 2 rings (SSSR count). The van der Waals surface area contributed by atoms with Gasteiger partial charge in [-0.2, -0.15) is 0 Å². The number of aromatic nitrogens is 1. The van der Waals surface area contributed by atoms with Crippen molar-refractivity contribution in [3.63, 3.8) is 0 Å². The van der Waals surface area contributed by atoms with Crippen molar-refractivity contribution in [1.82, 2.24) is 4.98 Å². The van der Waals surface area contributed by atoms with Crippen LogP contribution in [0.5, 0.6) is 5.75 Å². The van der Waals surface area contributed by atoms with Crippen molar-refractivity contribution < 1.29 is 13.2 Å². The molecule has 1 aromatic carbocycles. The van der Waals surface area contributed by atoms with Gasteiger partial charge in [-0.05, 0) is 55.2 Å². The summed E-state index contributed by atoms with van der Waals surface area (Å²) in [5.74, 6) is 1.06. The van der Waals surface area contributed by atoms with Gasteiger partial charge in [-0.3, -0.25) is 4.72 Å². The van der Waals surface area contributed by atoms with E-state index in [1.54, 1.807) is 30.5 Å². The molecule has 0 unspecified atom stereocenters. The summed E-state index contributed by atoms with van der Waals surface area (Å²) < 4.78 is 33.6. The number of rotatable bonds is 6. The van der Waals surface area contributed by atoms with Gasteiger partial charge in [0, 0.05) is 6.20 Å². The van der Waals surface area contributed by atoms with Gasteiger partial charge in [0.1, 0.15) is 11.6 Å². The van der Waals surface area contributed by atoms with Crippen LogP contribution in [0.4, 0.5) is 5.82 Å². The molecule has 0 spiro atoms. The monoisotopic (exact) mass is 334 g/mol. The van der Waals surface area contributed by atoms with E-state index in [2.05, 4.69) is 9.71 Å². The van der Waals surface area contributed by atoms with Crippen LogP contribution in [-0.4, -0.2) is 20.0 Å². The van der Waals surface area contributed by atoms with E-state index >= 15 is 0 Å². The van der Waals surface area contributed by atoms with E-state index in [0.29, 0.717) is 18.2 Å². The maximum atomic E-state index is 12.8. The van der Waals surface area contributed by atoms with Crippen LogP contribution >= 0.6 is 0 Å². The molecule has 0 amide bonds. The number of hydrogen-bond acceptors (Lipinski definition) is 4. The van der Waals surface area contributed by atoms with Crippen LogP contribution in [0.1, 0.15) is 37.8 Å². The normalized spacial score (nSPS) is 11.5. The highest BCUT2D eigenvalue weighted by molar-refractivity contribution is 7.92. The second-order valence-corrected chi connectivity index (χ2v) is 7.21. The third-order valence-corrected chi connectivity index (χ3v) is 4.83. The summed E-state index contributed by atoms with van der Waals surface area (Å²) in [6.45, 7) is 8.20. The largest absolute Gasteiger partial charge is 0.494 e. The summed E-state index contributed by atoms with van der Waals surface area (Å²) in [6.07, 6.45) is 1.55. The standard InChI is InChI=1S/C17H22N2O3S/c1-5-22-15-11-14(12(2)3)16(10-13(15)4)23(20,21)19-17-8-6-7-9-18-17/h6-12H,5H2,1-4H3,(H,18,19). The highest BCUT2D eigenvalue weighted by atomic mass is 32.2. The number of pyridine rings is 1. The number of nitrogens with zero attached hydrogens (tertiary/aromatic N) is 1. The first-order chi connectivity index (χ1) is 10.8. The van der Waals surface area contributed by atoms with E-state index in [1.165, 1.54) is 0 Å². The van der Waals surface area contributed by atoms with Gasteiger partial charge in [0.05, 0.1) is 11.5 Å². The number of anilines is 1. The third kappa shape index (κ3) is 4.01. The zero-order valence-corrected chi connectivity index (χ0v) is 14.6. The van der Waals surface area contributed by atoms with Crippen molar-refractivity contribution in [2.24, 2.45) is 0 Å². The maximum Gasteiger partial charge on any atom is 0.263 e. The van der Waals surface area contributed by atoms with E-state index in [4.69, 9.17) is 4.74 Å². The van der Waals surface area contributed by atoms with E-state index < -0.39 is 10.0 Å². The fraction of sp³-hybridized carbons (Fsp3) is 0.353. The molecule has 1 heterocycles. The molecule has 0 radical (unpaired) electrons. The fourth-order valence-electron chi connectivity index (χ4n) is 2.29. The van der Waals surface area contributed by atoms with Crippen LogP contribution in [0.3, 0.4) is 0 Å². The molecular weight excluding hydrogens is 312 g/mol. The first-order valence-corrected chi connectivity index (χ1v) is 9.04. The third-order valence-electron chi connectivity index (χ3n) is 3.42. The Kier molecular flexibility index (Phi) is 5.26. The van der Waals surface area contributed by atoms with Gasteiger partial charge in [-0.25, -0.2) is 13.4 Å². The van der Waals surface area contributed by atoms with Gasteiger partial charge in [0.15, 0.2) is 0 Å². The number of hydrogen-bond donors (Lipinski definition) is 1. The van der Waals surface area contributed by atoms with Crippen LogP contribution in [0.2, 0.25) is 0 Å². The number of ether oxygens (including phenoxy) is 1. The molecule has 1 aromatic heterocycles. The zero-order valence-electron chi connectivity index (χ0n) is 13.8. The predicted octanol–water partition coefficient (Wildman–Crippen LogP) is 3.71. The molecule has 124 valence electrons. The molecule has 0 aliphatic heterocycles. The fourth-order valence-corrected chi connectivity index (χ4v) is 3.73. The van der Waals surface area contributed by atoms with Gasteiger partial charge in [0.25, 0.3) is 10.0 Å². The molecule has 1 N–H and O–H groups in total. The lowest BCUT2D eigenvalue weighted by Crippen LogP contribution is -2.17. The summed E-state index contributed by atoms with van der Waals surface area (Å²) in [6, 6.07) is 8.56. The number of benzene rings is 1. The lowest BCUT2D eigenvalue weighted by atomic mass is 10.0. The molecule has 0 saturated carbocycles. The summed E-state index contributed by atoms with van der Waals surface area (Å²) >= 11 is 0. The van der Waals surface area contributed by atoms with Gasteiger partial charge in [0.2, 0.25) is 0 Å². The summed E-state index contributed by atoms with van der Waals surface area (Å²) in [7, 11) is -3.71.